The first kappa shape index (κ1) is 16.1. The smallest absolute Gasteiger partial charge is 0.0517 e. The Bertz CT molecular complexity index is 912. The van der Waals surface area contributed by atoms with E-state index in [2.05, 4.69) is 79.3 Å². The van der Waals surface area contributed by atoms with Crippen LogP contribution in [0.5, 0.6) is 0 Å². The van der Waals surface area contributed by atoms with Crippen molar-refractivity contribution in [3.8, 4) is 11.1 Å². The predicted octanol–water partition coefficient (Wildman–Crippen LogP) is 6.61. The van der Waals surface area contributed by atoms with Crippen molar-refractivity contribution in [3.63, 3.8) is 0 Å². The zero-order valence-electron chi connectivity index (χ0n) is 14.3. The fraction of sp³-hybridized carbons (Fsp3) is 0.238. The third kappa shape index (κ3) is 3.12. The van der Waals surface area contributed by atoms with Crippen molar-refractivity contribution < 1.29 is 0 Å². The molecule has 0 aromatic heterocycles. The fourth-order valence-corrected chi connectivity index (χ4v) is 3.01. The second-order valence-electron chi connectivity index (χ2n) is 7.03. The quantitative estimate of drug-likeness (QED) is 0.296. The highest BCUT2D eigenvalue weighted by atomic mass is 15.1. The number of benzene rings is 3. The lowest BCUT2D eigenvalue weighted by Gasteiger charge is -2.19. The Hall–Kier alpha value is -2.77. The average Bonchev–Trinajstić information content (AvgIpc) is 2.59. The van der Waals surface area contributed by atoms with Gasteiger partial charge in [0.15, 0.2) is 0 Å². The van der Waals surface area contributed by atoms with Crippen molar-refractivity contribution in [2.45, 2.75) is 32.7 Å². The molecule has 0 amide bonds. The highest BCUT2D eigenvalue weighted by Gasteiger charge is 2.14. The van der Waals surface area contributed by atoms with Gasteiger partial charge in [-0.1, -0.05) is 86.5 Å². The van der Waals surface area contributed by atoms with Gasteiger partial charge >= 0.3 is 0 Å². The van der Waals surface area contributed by atoms with Crippen LogP contribution in [0.1, 0.15) is 31.9 Å². The molecule has 3 rings (SSSR count). The summed E-state index contributed by atoms with van der Waals surface area (Å²) < 4.78 is 0. The third-order valence-corrected chi connectivity index (χ3v) is 4.38. The van der Waals surface area contributed by atoms with Gasteiger partial charge in [0.25, 0.3) is 0 Å². The first-order chi connectivity index (χ1) is 11.5. The van der Waals surface area contributed by atoms with E-state index in [0.29, 0.717) is 6.54 Å². The highest BCUT2D eigenvalue weighted by molar-refractivity contribution is 5.98. The maximum atomic E-state index is 8.58. The van der Waals surface area contributed by atoms with Crippen LogP contribution in [0.4, 0.5) is 0 Å². The second-order valence-corrected chi connectivity index (χ2v) is 7.03. The summed E-state index contributed by atoms with van der Waals surface area (Å²) in [7, 11) is 0. The van der Waals surface area contributed by atoms with Crippen molar-refractivity contribution in [1.29, 1.82) is 0 Å². The van der Waals surface area contributed by atoms with Gasteiger partial charge in [0, 0.05) is 4.91 Å². The van der Waals surface area contributed by atoms with Gasteiger partial charge in [-0.15, -0.1) is 0 Å². The number of hydrogen-bond donors (Lipinski definition) is 0. The molecule has 120 valence electrons. The minimum atomic E-state index is 0.153. The molecule has 0 spiro atoms. The average molecular weight is 315 g/mol. The zero-order valence-corrected chi connectivity index (χ0v) is 14.3. The molecule has 0 radical (unpaired) electrons. The fourth-order valence-electron chi connectivity index (χ4n) is 3.01. The molecule has 0 aliphatic carbocycles. The van der Waals surface area contributed by atoms with Crippen LogP contribution in [0.2, 0.25) is 0 Å². The van der Waals surface area contributed by atoms with Gasteiger partial charge in [-0.25, -0.2) is 0 Å². The second kappa shape index (κ2) is 6.38. The molecule has 24 heavy (non-hydrogen) atoms. The van der Waals surface area contributed by atoms with Gasteiger partial charge in [0.2, 0.25) is 0 Å². The minimum absolute atomic E-state index is 0.153. The Kier molecular flexibility index (Phi) is 4.28. The van der Waals surface area contributed by atoms with E-state index in [1.807, 2.05) is 12.1 Å². The van der Waals surface area contributed by atoms with E-state index in [9.17, 15) is 0 Å². The summed E-state index contributed by atoms with van der Waals surface area (Å²) >= 11 is 0. The van der Waals surface area contributed by atoms with Crippen LogP contribution in [0.15, 0.2) is 65.8 Å². The van der Waals surface area contributed by atoms with Gasteiger partial charge in [0.1, 0.15) is 0 Å². The van der Waals surface area contributed by atoms with Crippen LogP contribution in [0.25, 0.3) is 32.3 Å². The lowest BCUT2D eigenvalue weighted by Crippen LogP contribution is -2.10. The van der Waals surface area contributed by atoms with E-state index in [1.165, 1.54) is 22.1 Å². The van der Waals surface area contributed by atoms with Gasteiger partial charge in [-0.2, -0.15) is 0 Å². The van der Waals surface area contributed by atoms with Crippen LogP contribution in [-0.2, 0) is 12.0 Å². The number of azide groups is 1. The Morgan fingerprint density at radius 3 is 2.17 bits per heavy atom. The van der Waals surface area contributed by atoms with Gasteiger partial charge in [0.05, 0.1) is 6.54 Å². The van der Waals surface area contributed by atoms with Gasteiger partial charge in [-0.3, -0.25) is 0 Å². The van der Waals surface area contributed by atoms with Crippen LogP contribution in [0.3, 0.4) is 0 Å². The third-order valence-electron chi connectivity index (χ3n) is 4.38. The molecule has 0 N–H and O–H groups in total. The monoisotopic (exact) mass is 315 g/mol. The minimum Gasteiger partial charge on any atom is -0.0893 e. The lowest BCUT2D eigenvalue weighted by molar-refractivity contribution is 0.590. The number of rotatable bonds is 3. The van der Waals surface area contributed by atoms with E-state index >= 15 is 0 Å². The predicted molar refractivity (Wildman–Crippen MR) is 101 cm³/mol. The number of nitrogens with zero attached hydrogens (tertiary/aromatic N) is 3. The molecule has 0 saturated heterocycles. The summed E-state index contributed by atoms with van der Waals surface area (Å²) in [6.07, 6.45) is 0. The standard InChI is InChI=1S/C21H21N3/c1-21(2,3)17-11-8-15(9-12-17)19-13-10-16(14-23-24-22)18-6-4-5-7-20(18)19/h4-13H,14H2,1-3H3. The molecule has 3 aromatic rings. The normalized spacial score (nSPS) is 11.3. The van der Waals surface area contributed by atoms with Crippen LogP contribution in [-0.4, -0.2) is 0 Å². The maximum Gasteiger partial charge on any atom is 0.0517 e. The van der Waals surface area contributed by atoms with Crippen molar-refractivity contribution in [3.05, 3.63) is 82.2 Å². The summed E-state index contributed by atoms with van der Waals surface area (Å²) in [5.41, 5.74) is 13.5. The van der Waals surface area contributed by atoms with Crippen LogP contribution >= 0.6 is 0 Å². The van der Waals surface area contributed by atoms with E-state index in [-0.39, 0.29) is 5.41 Å². The number of fused-ring (bicyclic) bond motifs is 1. The molecule has 0 aliphatic heterocycles. The van der Waals surface area contributed by atoms with E-state index in [0.717, 1.165) is 10.9 Å². The SMILES string of the molecule is CC(C)(C)c1ccc(-c2ccc(CN=[N+]=[N-])c3ccccc23)cc1. The molecule has 0 atom stereocenters. The lowest BCUT2D eigenvalue weighted by atomic mass is 9.86. The van der Waals surface area contributed by atoms with Gasteiger partial charge < -0.3 is 0 Å². The van der Waals surface area contributed by atoms with E-state index in [1.54, 1.807) is 0 Å². The molecule has 3 heteroatoms. The molecular weight excluding hydrogens is 294 g/mol. The Balaban J connectivity index is 2.12. The Morgan fingerprint density at radius 2 is 1.54 bits per heavy atom. The largest absolute Gasteiger partial charge is 0.0893 e. The van der Waals surface area contributed by atoms with Crippen molar-refractivity contribution in [1.82, 2.24) is 0 Å². The molecule has 0 heterocycles. The summed E-state index contributed by atoms with van der Waals surface area (Å²) in [5.74, 6) is 0. The van der Waals surface area contributed by atoms with Gasteiger partial charge in [-0.05, 0) is 44.0 Å². The first-order valence-corrected chi connectivity index (χ1v) is 8.13. The molecule has 0 saturated carbocycles. The zero-order chi connectivity index (χ0) is 17.2. The highest BCUT2D eigenvalue weighted by Crippen LogP contribution is 2.32. The molecule has 3 aromatic carbocycles. The topological polar surface area (TPSA) is 48.8 Å². The van der Waals surface area contributed by atoms with E-state index in [4.69, 9.17) is 5.53 Å². The van der Waals surface area contributed by atoms with Crippen molar-refractivity contribution in [2.75, 3.05) is 0 Å². The summed E-state index contributed by atoms with van der Waals surface area (Å²) in [6.45, 7) is 7.05. The van der Waals surface area contributed by atoms with Crippen molar-refractivity contribution in [2.24, 2.45) is 5.11 Å². The molecule has 0 fully saturated rings. The first-order valence-electron chi connectivity index (χ1n) is 8.13. The summed E-state index contributed by atoms with van der Waals surface area (Å²) in [4.78, 5) is 2.88. The summed E-state index contributed by atoms with van der Waals surface area (Å²) in [6, 6.07) is 21.3. The van der Waals surface area contributed by atoms with Crippen LogP contribution in [0, 0.1) is 0 Å². The van der Waals surface area contributed by atoms with Crippen LogP contribution < -0.4 is 0 Å². The molecule has 0 bridgehead atoms. The molecule has 3 nitrogen and oxygen atoms in total. The Labute approximate surface area is 142 Å². The maximum absolute atomic E-state index is 8.58. The molecule has 0 aliphatic rings. The molecule has 0 unspecified atom stereocenters. The van der Waals surface area contributed by atoms with Crippen molar-refractivity contribution >= 4 is 10.8 Å². The van der Waals surface area contributed by atoms with E-state index < -0.39 is 0 Å². The summed E-state index contributed by atoms with van der Waals surface area (Å²) in [5, 5.41) is 6.04. The number of hydrogen-bond acceptors (Lipinski definition) is 1. The Morgan fingerprint density at radius 1 is 0.875 bits per heavy atom. The molecular formula is C21H21N3.